The van der Waals surface area contributed by atoms with Gasteiger partial charge in [0.1, 0.15) is 0 Å². The predicted molar refractivity (Wildman–Crippen MR) is 86.6 cm³/mol. The van der Waals surface area contributed by atoms with Crippen molar-refractivity contribution in [1.82, 2.24) is 15.1 Å². The lowest BCUT2D eigenvalue weighted by Gasteiger charge is -2.35. The molecule has 0 unspecified atom stereocenters. The third kappa shape index (κ3) is 4.31. The Balaban J connectivity index is 1.82. The molecule has 0 saturated carbocycles. The second-order valence-corrected chi connectivity index (χ2v) is 5.72. The summed E-state index contributed by atoms with van der Waals surface area (Å²) in [5.74, 6) is 0.317. The van der Waals surface area contributed by atoms with E-state index in [0.29, 0.717) is 45.6 Å². The van der Waals surface area contributed by atoms with Gasteiger partial charge < -0.3 is 15.1 Å². The Morgan fingerprint density at radius 1 is 1.05 bits per heavy atom. The first-order valence-corrected chi connectivity index (χ1v) is 7.86. The van der Waals surface area contributed by atoms with Gasteiger partial charge in [0.15, 0.2) is 0 Å². The monoisotopic (exact) mass is 303 g/mol. The number of rotatable bonds is 5. The maximum absolute atomic E-state index is 12.4. The zero-order valence-electron chi connectivity index (χ0n) is 13.5. The second kappa shape index (κ2) is 7.94. The highest BCUT2D eigenvalue weighted by Crippen LogP contribution is 2.11. The Bertz CT molecular complexity index is 522. The molecular weight excluding hydrogens is 278 g/mol. The molecule has 5 nitrogen and oxygen atoms in total. The van der Waals surface area contributed by atoms with Crippen molar-refractivity contribution < 1.29 is 9.59 Å². The molecule has 1 fully saturated rings. The molecule has 0 aromatic heterocycles. The third-order valence-electron chi connectivity index (χ3n) is 4.18. The second-order valence-electron chi connectivity index (χ2n) is 5.72. The Hall–Kier alpha value is -1.88. The molecule has 2 rings (SSSR count). The van der Waals surface area contributed by atoms with Crippen LogP contribution in [0.5, 0.6) is 0 Å². The number of carbonyl (C=O) groups excluding carboxylic acids is 2. The van der Waals surface area contributed by atoms with Crippen LogP contribution in [0.15, 0.2) is 24.3 Å². The summed E-state index contributed by atoms with van der Waals surface area (Å²) in [6.45, 7) is 5.28. The van der Waals surface area contributed by atoms with Gasteiger partial charge in [0.05, 0.1) is 6.42 Å². The van der Waals surface area contributed by atoms with Crippen molar-refractivity contribution in [3.05, 3.63) is 35.4 Å². The molecule has 1 heterocycles. The van der Waals surface area contributed by atoms with Gasteiger partial charge in [-0.05, 0) is 25.1 Å². The quantitative estimate of drug-likeness (QED) is 0.876. The van der Waals surface area contributed by atoms with E-state index < -0.39 is 0 Å². The number of carbonyl (C=O) groups is 2. The predicted octanol–water partition coefficient (Wildman–Crippen LogP) is 0.818. The van der Waals surface area contributed by atoms with Gasteiger partial charge in [-0.1, -0.05) is 24.3 Å². The third-order valence-corrected chi connectivity index (χ3v) is 4.18. The van der Waals surface area contributed by atoms with E-state index in [0.717, 1.165) is 11.1 Å². The number of hydrogen-bond donors (Lipinski definition) is 1. The number of benzene rings is 1. The summed E-state index contributed by atoms with van der Waals surface area (Å²) >= 11 is 0. The standard InChI is InChI=1S/C17H25N3O2/c1-14-5-3-4-6-15(14)13-17(22)20-11-9-19(10-12-20)16(21)7-8-18-2/h3-6,18H,7-13H2,1-2H3. The number of nitrogens with one attached hydrogen (secondary N) is 1. The normalized spacial score (nSPS) is 15.0. The molecule has 1 aliphatic rings. The van der Waals surface area contributed by atoms with Crippen molar-refractivity contribution in [2.24, 2.45) is 0 Å². The minimum Gasteiger partial charge on any atom is -0.339 e. The number of amides is 2. The van der Waals surface area contributed by atoms with Gasteiger partial charge in [0.25, 0.3) is 0 Å². The maximum Gasteiger partial charge on any atom is 0.227 e. The number of aryl methyl sites for hydroxylation is 1. The van der Waals surface area contributed by atoms with Crippen LogP contribution in [-0.2, 0) is 16.0 Å². The molecule has 1 aromatic carbocycles. The fraction of sp³-hybridized carbons (Fsp3) is 0.529. The van der Waals surface area contributed by atoms with E-state index in [1.165, 1.54) is 0 Å². The van der Waals surface area contributed by atoms with Gasteiger partial charge >= 0.3 is 0 Å². The lowest BCUT2D eigenvalue weighted by Crippen LogP contribution is -2.51. The van der Waals surface area contributed by atoms with Gasteiger partial charge in [0, 0.05) is 39.1 Å². The van der Waals surface area contributed by atoms with Crippen molar-refractivity contribution in [3.63, 3.8) is 0 Å². The van der Waals surface area contributed by atoms with Gasteiger partial charge in [-0.3, -0.25) is 9.59 Å². The van der Waals surface area contributed by atoms with Crippen LogP contribution in [0.4, 0.5) is 0 Å². The van der Waals surface area contributed by atoms with Crippen LogP contribution >= 0.6 is 0 Å². The highest BCUT2D eigenvalue weighted by atomic mass is 16.2. The van der Waals surface area contributed by atoms with Gasteiger partial charge in [-0.2, -0.15) is 0 Å². The lowest BCUT2D eigenvalue weighted by molar-refractivity contribution is -0.139. The molecule has 0 atom stereocenters. The summed E-state index contributed by atoms with van der Waals surface area (Å²) in [6.07, 6.45) is 0.966. The van der Waals surface area contributed by atoms with Crippen LogP contribution in [0.2, 0.25) is 0 Å². The van der Waals surface area contributed by atoms with E-state index in [2.05, 4.69) is 5.32 Å². The zero-order valence-corrected chi connectivity index (χ0v) is 13.5. The number of hydrogen-bond acceptors (Lipinski definition) is 3. The molecule has 0 spiro atoms. The van der Waals surface area contributed by atoms with E-state index in [9.17, 15) is 9.59 Å². The van der Waals surface area contributed by atoms with Crippen LogP contribution in [-0.4, -0.2) is 61.4 Å². The smallest absolute Gasteiger partial charge is 0.227 e. The Labute approximate surface area is 132 Å². The first-order valence-electron chi connectivity index (χ1n) is 7.86. The Morgan fingerprint density at radius 3 is 2.23 bits per heavy atom. The first-order chi connectivity index (χ1) is 10.6. The molecule has 2 amide bonds. The van der Waals surface area contributed by atoms with Gasteiger partial charge in [-0.15, -0.1) is 0 Å². The van der Waals surface area contributed by atoms with Crippen LogP contribution in [0.1, 0.15) is 17.5 Å². The average molecular weight is 303 g/mol. The highest BCUT2D eigenvalue weighted by Gasteiger charge is 2.23. The van der Waals surface area contributed by atoms with Crippen molar-refractivity contribution in [1.29, 1.82) is 0 Å². The molecule has 1 saturated heterocycles. The van der Waals surface area contributed by atoms with Crippen molar-refractivity contribution in [3.8, 4) is 0 Å². The average Bonchev–Trinajstić information content (AvgIpc) is 2.55. The van der Waals surface area contributed by atoms with Crippen LogP contribution < -0.4 is 5.32 Å². The fourth-order valence-corrected chi connectivity index (χ4v) is 2.68. The molecule has 1 N–H and O–H groups in total. The van der Waals surface area contributed by atoms with E-state index in [1.54, 1.807) is 0 Å². The Morgan fingerprint density at radius 2 is 1.64 bits per heavy atom. The molecule has 0 bridgehead atoms. The van der Waals surface area contributed by atoms with Crippen LogP contribution in [0, 0.1) is 6.92 Å². The molecule has 120 valence electrons. The minimum absolute atomic E-state index is 0.150. The first kappa shape index (κ1) is 16.5. The molecule has 0 radical (unpaired) electrons. The zero-order chi connectivity index (χ0) is 15.9. The van der Waals surface area contributed by atoms with Gasteiger partial charge in [-0.25, -0.2) is 0 Å². The number of piperazine rings is 1. The largest absolute Gasteiger partial charge is 0.339 e. The minimum atomic E-state index is 0.150. The summed E-state index contributed by atoms with van der Waals surface area (Å²) in [5, 5.41) is 2.99. The van der Waals surface area contributed by atoms with E-state index >= 15 is 0 Å². The topological polar surface area (TPSA) is 52.7 Å². The molecule has 22 heavy (non-hydrogen) atoms. The fourth-order valence-electron chi connectivity index (χ4n) is 2.68. The summed E-state index contributed by atoms with van der Waals surface area (Å²) < 4.78 is 0. The van der Waals surface area contributed by atoms with Crippen molar-refractivity contribution in [2.45, 2.75) is 19.8 Å². The SMILES string of the molecule is CNCCC(=O)N1CCN(C(=O)Cc2ccccc2C)CC1. The summed E-state index contributed by atoms with van der Waals surface area (Å²) in [5.41, 5.74) is 2.23. The van der Waals surface area contributed by atoms with Crippen LogP contribution in [0.3, 0.4) is 0 Å². The number of nitrogens with zero attached hydrogens (tertiary/aromatic N) is 2. The van der Waals surface area contributed by atoms with Crippen molar-refractivity contribution in [2.75, 3.05) is 39.8 Å². The molecular formula is C17H25N3O2. The van der Waals surface area contributed by atoms with Crippen LogP contribution in [0.25, 0.3) is 0 Å². The van der Waals surface area contributed by atoms with Crippen molar-refractivity contribution >= 4 is 11.8 Å². The Kier molecular flexibility index (Phi) is 5.95. The van der Waals surface area contributed by atoms with E-state index in [-0.39, 0.29) is 11.8 Å². The maximum atomic E-state index is 12.4. The molecule has 5 heteroatoms. The molecule has 0 aliphatic carbocycles. The molecule has 1 aliphatic heterocycles. The van der Waals surface area contributed by atoms with E-state index in [4.69, 9.17) is 0 Å². The lowest BCUT2D eigenvalue weighted by atomic mass is 10.1. The summed E-state index contributed by atoms with van der Waals surface area (Å²) in [4.78, 5) is 28.1. The van der Waals surface area contributed by atoms with Gasteiger partial charge in [0.2, 0.25) is 11.8 Å². The molecule has 1 aromatic rings. The summed E-state index contributed by atoms with van der Waals surface area (Å²) in [6, 6.07) is 7.98. The van der Waals surface area contributed by atoms with E-state index in [1.807, 2.05) is 48.0 Å². The highest BCUT2D eigenvalue weighted by molar-refractivity contribution is 5.80. The summed E-state index contributed by atoms with van der Waals surface area (Å²) in [7, 11) is 1.84.